The van der Waals surface area contributed by atoms with E-state index in [0.29, 0.717) is 24.9 Å². The lowest BCUT2D eigenvalue weighted by Crippen LogP contribution is -2.43. The molecule has 0 spiro atoms. The summed E-state index contributed by atoms with van der Waals surface area (Å²) in [6.45, 7) is 2.37. The van der Waals surface area contributed by atoms with Crippen LogP contribution in [0, 0.1) is 5.92 Å². The Balaban J connectivity index is 1.55. The second kappa shape index (κ2) is 7.93. The maximum Gasteiger partial charge on any atom is 0.230 e. The summed E-state index contributed by atoms with van der Waals surface area (Å²) < 4.78 is 5.76. The largest absolute Gasteiger partial charge is 0.396 e. The average Bonchev–Trinajstić information content (AvgIpc) is 3.42. The molecule has 2 aliphatic rings. The van der Waals surface area contributed by atoms with Crippen molar-refractivity contribution in [1.82, 2.24) is 4.90 Å². The van der Waals surface area contributed by atoms with E-state index in [1.54, 1.807) is 0 Å². The number of carbonyl (C=O) groups excluding carboxylic acids is 1. The summed E-state index contributed by atoms with van der Waals surface area (Å²) in [5.41, 5.74) is 1.17. The van der Waals surface area contributed by atoms with Crippen molar-refractivity contribution in [2.24, 2.45) is 5.92 Å². The van der Waals surface area contributed by atoms with Crippen molar-refractivity contribution in [1.29, 1.82) is 0 Å². The highest BCUT2D eigenvalue weighted by molar-refractivity contribution is 5.84. The van der Waals surface area contributed by atoms with Gasteiger partial charge in [0.15, 0.2) is 0 Å². The van der Waals surface area contributed by atoms with Crippen molar-refractivity contribution >= 4 is 5.91 Å². The van der Waals surface area contributed by atoms with Crippen LogP contribution in [0.2, 0.25) is 0 Å². The summed E-state index contributed by atoms with van der Waals surface area (Å²) in [6, 6.07) is 10.2. The Kier molecular flexibility index (Phi) is 5.68. The predicted molar refractivity (Wildman–Crippen MR) is 89.2 cm³/mol. The zero-order valence-corrected chi connectivity index (χ0v) is 13.7. The minimum absolute atomic E-state index is 0.0445. The fourth-order valence-electron chi connectivity index (χ4n) is 3.46. The molecule has 1 aliphatic carbocycles. The third kappa shape index (κ3) is 4.33. The van der Waals surface area contributed by atoms with E-state index in [1.165, 1.54) is 18.4 Å². The molecule has 1 aromatic rings. The van der Waals surface area contributed by atoms with Crippen molar-refractivity contribution in [3.63, 3.8) is 0 Å². The summed E-state index contributed by atoms with van der Waals surface area (Å²) in [5, 5.41) is 8.80. The Hall–Kier alpha value is -1.39. The van der Waals surface area contributed by atoms with Gasteiger partial charge in [-0.15, -0.1) is 0 Å². The second-order valence-electron chi connectivity index (χ2n) is 6.70. The molecule has 1 aromatic carbocycles. The van der Waals surface area contributed by atoms with Crippen LogP contribution in [0.4, 0.5) is 0 Å². The van der Waals surface area contributed by atoms with Crippen LogP contribution in [0.15, 0.2) is 30.3 Å². The first kappa shape index (κ1) is 16.5. The number of nitrogens with zero attached hydrogens (tertiary/aromatic N) is 1. The van der Waals surface area contributed by atoms with E-state index in [1.807, 2.05) is 23.1 Å². The number of amides is 1. The lowest BCUT2D eigenvalue weighted by Gasteiger charge is -2.34. The number of benzene rings is 1. The molecule has 1 heterocycles. The topological polar surface area (TPSA) is 49.8 Å². The van der Waals surface area contributed by atoms with E-state index in [2.05, 4.69) is 12.1 Å². The number of rotatable bonds is 7. The number of aliphatic hydroxyl groups is 1. The average molecular weight is 317 g/mol. The summed E-state index contributed by atoms with van der Waals surface area (Å²) in [4.78, 5) is 15.0. The monoisotopic (exact) mass is 317 g/mol. The van der Waals surface area contributed by atoms with Gasteiger partial charge >= 0.3 is 0 Å². The third-order valence-corrected chi connectivity index (χ3v) is 4.93. The van der Waals surface area contributed by atoms with Gasteiger partial charge in [0.25, 0.3) is 0 Å². The van der Waals surface area contributed by atoms with Crippen molar-refractivity contribution in [2.75, 3.05) is 26.3 Å². The van der Waals surface area contributed by atoms with E-state index in [9.17, 15) is 4.79 Å². The van der Waals surface area contributed by atoms with Crippen molar-refractivity contribution < 1.29 is 14.6 Å². The van der Waals surface area contributed by atoms with Crippen molar-refractivity contribution in [3.05, 3.63) is 35.9 Å². The van der Waals surface area contributed by atoms with E-state index < -0.39 is 0 Å². The highest BCUT2D eigenvalue weighted by atomic mass is 16.5. The molecule has 1 amide bonds. The van der Waals surface area contributed by atoms with Crippen LogP contribution >= 0.6 is 0 Å². The fraction of sp³-hybridized carbons (Fsp3) is 0.632. The first-order valence-corrected chi connectivity index (χ1v) is 8.86. The first-order valence-electron chi connectivity index (χ1n) is 8.86. The molecular weight excluding hydrogens is 290 g/mol. The molecule has 3 rings (SSSR count). The molecule has 1 saturated carbocycles. The van der Waals surface area contributed by atoms with E-state index in [0.717, 1.165) is 25.9 Å². The molecule has 1 saturated heterocycles. The van der Waals surface area contributed by atoms with Crippen LogP contribution in [-0.2, 0) is 9.53 Å². The minimum atomic E-state index is 0.0445. The van der Waals surface area contributed by atoms with E-state index >= 15 is 0 Å². The number of hydrogen-bond acceptors (Lipinski definition) is 3. The normalized spacial score (nSPS) is 20.5. The van der Waals surface area contributed by atoms with Crippen LogP contribution in [0.5, 0.6) is 0 Å². The molecule has 4 heteroatoms. The van der Waals surface area contributed by atoms with E-state index in [-0.39, 0.29) is 18.6 Å². The molecule has 126 valence electrons. The van der Waals surface area contributed by atoms with Gasteiger partial charge in [0, 0.05) is 26.3 Å². The minimum Gasteiger partial charge on any atom is -0.396 e. The zero-order valence-electron chi connectivity index (χ0n) is 13.7. The molecule has 0 bridgehead atoms. The Morgan fingerprint density at radius 3 is 2.48 bits per heavy atom. The Morgan fingerprint density at radius 2 is 1.87 bits per heavy atom. The molecule has 1 aliphatic heterocycles. The number of carbonyl (C=O) groups is 1. The fourth-order valence-corrected chi connectivity index (χ4v) is 3.46. The quantitative estimate of drug-likeness (QED) is 0.786. The zero-order chi connectivity index (χ0) is 16.1. The summed E-state index contributed by atoms with van der Waals surface area (Å²) >= 11 is 0. The number of piperidine rings is 1. The van der Waals surface area contributed by atoms with Gasteiger partial charge in [-0.1, -0.05) is 30.3 Å². The number of hydrogen-bond donors (Lipinski definition) is 1. The van der Waals surface area contributed by atoms with Crippen LogP contribution in [0.25, 0.3) is 0 Å². The SMILES string of the molecule is O=C(C(c1ccccc1)C1CC1)N1CCC(OCCCO)CC1. The van der Waals surface area contributed by atoms with Crippen LogP contribution in [0.1, 0.15) is 43.6 Å². The summed E-state index contributed by atoms with van der Waals surface area (Å²) in [6.07, 6.45) is 5.09. The number of likely N-dealkylation sites (tertiary alicyclic amines) is 1. The molecule has 1 atom stereocenters. The molecule has 1 unspecified atom stereocenters. The highest BCUT2D eigenvalue weighted by Gasteiger charge is 2.39. The van der Waals surface area contributed by atoms with Gasteiger partial charge in [-0.25, -0.2) is 0 Å². The maximum absolute atomic E-state index is 13.0. The number of ether oxygens (including phenoxy) is 1. The van der Waals surface area contributed by atoms with Crippen LogP contribution in [-0.4, -0.2) is 48.3 Å². The molecule has 23 heavy (non-hydrogen) atoms. The summed E-state index contributed by atoms with van der Waals surface area (Å²) in [5.74, 6) is 0.874. The highest BCUT2D eigenvalue weighted by Crippen LogP contribution is 2.43. The Bertz CT molecular complexity index is 493. The molecule has 4 nitrogen and oxygen atoms in total. The third-order valence-electron chi connectivity index (χ3n) is 4.93. The lowest BCUT2D eigenvalue weighted by atomic mass is 9.92. The van der Waals surface area contributed by atoms with Gasteiger partial charge < -0.3 is 14.7 Å². The van der Waals surface area contributed by atoms with Crippen molar-refractivity contribution in [2.45, 2.75) is 44.1 Å². The molecule has 2 fully saturated rings. The number of aliphatic hydroxyl groups excluding tert-OH is 1. The second-order valence-corrected chi connectivity index (χ2v) is 6.70. The predicted octanol–water partition coefficient (Wildman–Crippen LogP) is 2.57. The maximum atomic E-state index is 13.0. The molecule has 1 N–H and O–H groups in total. The van der Waals surface area contributed by atoms with Gasteiger partial charge in [-0.3, -0.25) is 4.79 Å². The van der Waals surface area contributed by atoms with Gasteiger partial charge in [0.2, 0.25) is 5.91 Å². The van der Waals surface area contributed by atoms with Gasteiger partial charge in [0.1, 0.15) is 0 Å². The van der Waals surface area contributed by atoms with Crippen molar-refractivity contribution in [3.8, 4) is 0 Å². The smallest absolute Gasteiger partial charge is 0.230 e. The lowest BCUT2D eigenvalue weighted by molar-refractivity contribution is -0.136. The van der Waals surface area contributed by atoms with Crippen LogP contribution < -0.4 is 0 Å². The van der Waals surface area contributed by atoms with Crippen LogP contribution in [0.3, 0.4) is 0 Å². The molecular formula is C19H27NO3. The molecule has 0 radical (unpaired) electrons. The Morgan fingerprint density at radius 1 is 1.17 bits per heavy atom. The summed E-state index contributed by atoms with van der Waals surface area (Å²) in [7, 11) is 0. The molecule has 0 aromatic heterocycles. The van der Waals surface area contributed by atoms with E-state index in [4.69, 9.17) is 9.84 Å². The van der Waals surface area contributed by atoms with Gasteiger partial charge in [0.05, 0.1) is 12.0 Å². The standard InChI is InChI=1S/C19H27NO3/c21-13-4-14-23-17-9-11-20(12-10-17)19(22)18(16-7-8-16)15-5-2-1-3-6-15/h1-3,5-6,16-18,21H,4,7-14H2. The Labute approximate surface area is 138 Å². The van der Waals surface area contributed by atoms with Gasteiger partial charge in [-0.05, 0) is 43.6 Å². The first-order chi connectivity index (χ1) is 11.3. The van der Waals surface area contributed by atoms with Gasteiger partial charge in [-0.2, -0.15) is 0 Å².